The lowest BCUT2D eigenvalue weighted by atomic mass is 10.2. The second-order valence-electron chi connectivity index (χ2n) is 7.19. The van der Waals surface area contributed by atoms with Crippen LogP contribution in [-0.2, 0) is 20.1 Å². The first-order valence-corrected chi connectivity index (χ1v) is 9.78. The minimum absolute atomic E-state index is 0.172. The Morgan fingerprint density at radius 3 is 2.97 bits per heavy atom. The van der Waals surface area contributed by atoms with E-state index in [1.165, 1.54) is 17.7 Å². The summed E-state index contributed by atoms with van der Waals surface area (Å²) in [6.07, 6.45) is 2.57. The topological polar surface area (TPSA) is 95.7 Å². The van der Waals surface area contributed by atoms with Crippen molar-refractivity contribution in [1.29, 1.82) is 0 Å². The number of hydrogen-bond donors (Lipinski definition) is 1. The van der Waals surface area contributed by atoms with Crippen LogP contribution >= 0.6 is 0 Å². The van der Waals surface area contributed by atoms with Gasteiger partial charge in [0.2, 0.25) is 5.88 Å². The van der Waals surface area contributed by atoms with Gasteiger partial charge in [-0.05, 0) is 29.8 Å². The van der Waals surface area contributed by atoms with E-state index >= 15 is 0 Å². The fourth-order valence-corrected chi connectivity index (χ4v) is 3.51. The van der Waals surface area contributed by atoms with Crippen molar-refractivity contribution in [2.75, 3.05) is 6.61 Å². The predicted octanol–water partition coefficient (Wildman–Crippen LogP) is 3.97. The minimum Gasteiger partial charge on any atom is -0.493 e. The van der Waals surface area contributed by atoms with Crippen LogP contribution in [0.2, 0.25) is 0 Å². The van der Waals surface area contributed by atoms with Gasteiger partial charge in [-0.25, -0.2) is 14.8 Å². The van der Waals surface area contributed by atoms with Crippen LogP contribution in [0.3, 0.4) is 0 Å². The minimum atomic E-state index is -0.998. The normalized spacial score (nSPS) is 12.4. The first-order valence-electron chi connectivity index (χ1n) is 9.78. The molecule has 5 rings (SSSR count). The number of carboxylic acids is 1. The molecular formula is C23H19N3O5. The summed E-state index contributed by atoms with van der Waals surface area (Å²) in [5, 5.41) is 9.11. The lowest BCUT2D eigenvalue weighted by Gasteiger charge is -2.08. The highest BCUT2D eigenvalue weighted by Gasteiger charge is 2.15. The van der Waals surface area contributed by atoms with E-state index in [4.69, 9.17) is 19.3 Å². The Kier molecular flexibility index (Phi) is 4.66. The molecule has 0 atom stereocenters. The third kappa shape index (κ3) is 3.75. The Balaban J connectivity index is 1.35. The molecule has 156 valence electrons. The van der Waals surface area contributed by atoms with Crippen LogP contribution in [0, 0.1) is 0 Å². The van der Waals surface area contributed by atoms with Crippen LogP contribution in [0.15, 0.2) is 54.7 Å². The number of rotatable bonds is 6. The van der Waals surface area contributed by atoms with Gasteiger partial charge in [-0.2, -0.15) is 0 Å². The number of aromatic nitrogens is 3. The first-order chi connectivity index (χ1) is 15.1. The van der Waals surface area contributed by atoms with Gasteiger partial charge in [-0.1, -0.05) is 12.1 Å². The molecule has 31 heavy (non-hydrogen) atoms. The van der Waals surface area contributed by atoms with Crippen molar-refractivity contribution < 1.29 is 24.1 Å². The van der Waals surface area contributed by atoms with E-state index in [0.29, 0.717) is 35.3 Å². The molecule has 1 N–H and O–H groups in total. The summed E-state index contributed by atoms with van der Waals surface area (Å²) in [6.45, 7) is 0.885. The number of fused-ring (bicyclic) bond motifs is 2. The highest BCUT2D eigenvalue weighted by molar-refractivity contribution is 5.88. The monoisotopic (exact) mass is 417 g/mol. The largest absolute Gasteiger partial charge is 0.493 e. The van der Waals surface area contributed by atoms with E-state index in [9.17, 15) is 4.79 Å². The summed E-state index contributed by atoms with van der Waals surface area (Å²) >= 11 is 0. The number of carbonyl (C=O) groups is 1. The number of aryl methyl sites for hydroxylation is 1. The zero-order valence-corrected chi connectivity index (χ0v) is 16.7. The van der Waals surface area contributed by atoms with Crippen LogP contribution in [0.5, 0.6) is 23.1 Å². The molecule has 0 spiro atoms. The summed E-state index contributed by atoms with van der Waals surface area (Å²) < 4.78 is 19.2. The van der Waals surface area contributed by atoms with Crippen LogP contribution < -0.4 is 14.2 Å². The van der Waals surface area contributed by atoms with E-state index in [2.05, 4.69) is 9.97 Å². The van der Waals surface area contributed by atoms with Gasteiger partial charge in [0.15, 0.2) is 0 Å². The van der Waals surface area contributed by atoms with Crippen LogP contribution in [0.1, 0.15) is 21.7 Å². The first kappa shape index (κ1) is 18.9. The molecule has 0 bridgehead atoms. The Morgan fingerprint density at radius 1 is 1.19 bits per heavy atom. The average Bonchev–Trinajstić information content (AvgIpc) is 3.36. The number of aromatic carboxylic acids is 1. The Labute approximate surface area is 177 Å². The molecule has 2 aromatic carbocycles. The van der Waals surface area contributed by atoms with E-state index in [1.807, 2.05) is 35.9 Å². The van der Waals surface area contributed by atoms with Gasteiger partial charge in [0, 0.05) is 25.6 Å². The average molecular weight is 417 g/mol. The number of nitrogens with zero attached hydrogens (tertiary/aromatic N) is 3. The molecule has 8 heteroatoms. The van der Waals surface area contributed by atoms with E-state index < -0.39 is 5.97 Å². The van der Waals surface area contributed by atoms with E-state index in [1.54, 1.807) is 18.3 Å². The molecule has 0 fully saturated rings. The summed E-state index contributed by atoms with van der Waals surface area (Å²) in [5.74, 6) is 2.12. The summed E-state index contributed by atoms with van der Waals surface area (Å²) in [7, 11) is 1.88. The quantitative estimate of drug-likeness (QED) is 0.507. The molecule has 0 radical (unpaired) electrons. The van der Waals surface area contributed by atoms with Gasteiger partial charge in [0.05, 0.1) is 23.9 Å². The van der Waals surface area contributed by atoms with Crippen molar-refractivity contribution in [3.63, 3.8) is 0 Å². The van der Waals surface area contributed by atoms with Crippen molar-refractivity contribution in [2.45, 2.75) is 13.0 Å². The van der Waals surface area contributed by atoms with Gasteiger partial charge in [0.1, 0.15) is 35.2 Å². The molecule has 2 aromatic heterocycles. The highest BCUT2D eigenvalue weighted by Crippen LogP contribution is 2.32. The maximum atomic E-state index is 11.1. The Bertz CT molecular complexity index is 1300. The van der Waals surface area contributed by atoms with Crippen LogP contribution in [-0.4, -0.2) is 32.2 Å². The zero-order chi connectivity index (χ0) is 21.4. The number of ether oxygens (including phenoxy) is 3. The van der Waals surface area contributed by atoms with Crippen LogP contribution in [0.4, 0.5) is 0 Å². The molecule has 3 heterocycles. The fourth-order valence-electron chi connectivity index (χ4n) is 3.51. The van der Waals surface area contributed by atoms with Crippen molar-refractivity contribution >= 4 is 17.0 Å². The molecule has 1 aliphatic heterocycles. The third-order valence-electron chi connectivity index (χ3n) is 5.17. The smallest absolute Gasteiger partial charge is 0.335 e. The molecule has 4 aromatic rings. The van der Waals surface area contributed by atoms with Crippen LogP contribution in [0.25, 0.3) is 11.0 Å². The van der Waals surface area contributed by atoms with Crippen molar-refractivity contribution in [3.8, 4) is 23.1 Å². The lowest BCUT2D eigenvalue weighted by Crippen LogP contribution is -2.04. The van der Waals surface area contributed by atoms with E-state index in [0.717, 1.165) is 17.7 Å². The third-order valence-corrected chi connectivity index (χ3v) is 5.17. The van der Waals surface area contributed by atoms with Gasteiger partial charge >= 0.3 is 5.97 Å². The molecule has 0 unspecified atom stereocenters. The lowest BCUT2D eigenvalue weighted by molar-refractivity contribution is 0.0696. The van der Waals surface area contributed by atoms with Gasteiger partial charge in [0.25, 0.3) is 0 Å². The van der Waals surface area contributed by atoms with Crippen molar-refractivity contribution in [2.24, 2.45) is 7.05 Å². The molecular weight excluding hydrogens is 398 g/mol. The molecule has 8 nitrogen and oxygen atoms in total. The second kappa shape index (κ2) is 7.64. The van der Waals surface area contributed by atoms with Gasteiger partial charge in [-0.3, -0.25) is 0 Å². The Morgan fingerprint density at radius 2 is 2.10 bits per heavy atom. The number of benzene rings is 2. The number of pyridine rings is 1. The molecule has 0 aliphatic carbocycles. The molecule has 1 aliphatic rings. The second-order valence-corrected chi connectivity index (χ2v) is 7.19. The summed E-state index contributed by atoms with van der Waals surface area (Å²) in [6, 6.07) is 14.0. The number of carboxylic acid groups (broad SMARTS) is 1. The summed E-state index contributed by atoms with van der Waals surface area (Å²) in [5.41, 5.74) is 2.91. The Hall–Kier alpha value is -4.07. The molecule has 0 saturated carbocycles. The summed E-state index contributed by atoms with van der Waals surface area (Å²) in [4.78, 5) is 20.0. The zero-order valence-electron chi connectivity index (χ0n) is 16.7. The maximum Gasteiger partial charge on any atom is 0.335 e. The molecule has 0 saturated heterocycles. The molecule has 0 amide bonds. The van der Waals surface area contributed by atoms with E-state index in [-0.39, 0.29) is 12.2 Å². The number of hydrogen-bond acceptors (Lipinski definition) is 6. The van der Waals surface area contributed by atoms with Gasteiger partial charge < -0.3 is 23.9 Å². The standard InChI is InChI=1S/C23H19N3O5/c1-26-19-11-22(31-17-6-5-14-7-8-29-20(14)10-17)24-12-18(19)25-21(26)13-30-16-4-2-3-15(9-16)23(27)28/h2-6,9-12H,7-8,13H2,1H3,(H,27,28). The highest BCUT2D eigenvalue weighted by atomic mass is 16.5. The van der Waals surface area contributed by atoms with Crippen molar-refractivity contribution in [3.05, 3.63) is 71.7 Å². The number of imidazole rings is 1. The maximum absolute atomic E-state index is 11.1. The SMILES string of the molecule is Cn1c(COc2cccc(C(=O)O)c2)nc2cnc(Oc3ccc4c(c3)OCC4)cc21. The fraction of sp³-hybridized carbons (Fsp3) is 0.174. The van der Waals surface area contributed by atoms with Crippen molar-refractivity contribution in [1.82, 2.24) is 14.5 Å². The van der Waals surface area contributed by atoms with Gasteiger partial charge in [-0.15, -0.1) is 0 Å². The predicted molar refractivity (Wildman–Crippen MR) is 112 cm³/mol.